The van der Waals surface area contributed by atoms with Crippen molar-refractivity contribution in [2.45, 2.75) is 44.4 Å². The number of nitrogens with zero attached hydrogens (tertiary/aromatic N) is 2. The molecular weight excluding hydrogens is 594 g/mol. The minimum absolute atomic E-state index is 0.0957. The Morgan fingerprint density at radius 2 is 1.56 bits per heavy atom. The van der Waals surface area contributed by atoms with Crippen LogP contribution in [0.1, 0.15) is 6.92 Å². The summed E-state index contributed by atoms with van der Waals surface area (Å²) in [6.07, 6.45) is -1.04. The van der Waals surface area contributed by atoms with Crippen LogP contribution < -0.4 is 5.73 Å². The second-order valence-corrected chi connectivity index (χ2v) is 13.7. The molecule has 13 heteroatoms. The van der Waals surface area contributed by atoms with Gasteiger partial charge in [0.25, 0.3) is 5.79 Å². The molecule has 2 amide bonds. The molecule has 2 N–H and O–H groups in total. The molecule has 224 valence electrons. The van der Waals surface area contributed by atoms with Crippen LogP contribution in [-0.4, -0.2) is 94.5 Å². The molecule has 1 aliphatic carbocycles. The quantitative estimate of drug-likeness (QED) is 0.360. The predicted octanol–water partition coefficient (Wildman–Crippen LogP) is 2.40. The van der Waals surface area contributed by atoms with Crippen LogP contribution in [-0.2, 0) is 33.3 Å². The zero-order valence-electron chi connectivity index (χ0n) is 23.4. The Hall–Kier alpha value is -3.36. The Balaban J connectivity index is 1.45. The van der Waals surface area contributed by atoms with Gasteiger partial charge in [-0.3, -0.25) is 14.4 Å². The minimum Gasteiger partial charge on any atom is -0.449 e. The molecule has 4 heterocycles. The number of piperazine rings is 1. The molecule has 3 fully saturated rings. The summed E-state index contributed by atoms with van der Waals surface area (Å²) in [4.78, 5) is 59.7. The van der Waals surface area contributed by atoms with E-state index >= 15 is 9.59 Å². The van der Waals surface area contributed by atoms with Crippen molar-refractivity contribution in [1.29, 1.82) is 0 Å². The Bertz CT molecular complexity index is 1510. The van der Waals surface area contributed by atoms with E-state index in [1.807, 2.05) is 60.7 Å². The summed E-state index contributed by atoms with van der Waals surface area (Å²) >= 11 is 2.42. The van der Waals surface area contributed by atoms with Gasteiger partial charge in [-0.05, 0) is 24.3 Å². The van der Waals surface area contributed by atoms with Gasteiger partial charge >= 0.3 is 6.09 Å². The molecule has 0 bridgehead atoms. The number of benzene rings is 2. The van der Waals surface area contributed by atoms with E-state index in [0.29, 0.717) is 0 Å². The smallest absolute Gasteiger partial charge is 0.404 e. The first kappa shape index (κ1) is 28.4. The number of hydrogen-bond donors (Lipinski definition) is 1. The molecule has 2 aromatic rings. The van der Waals surface area contributed by atoms with Gasteiger partial charge in [0.1, 0.15) is 12.6 Å². The van der Waals surface area contributed by atoms with Crippen molar-refractivity contribution < 1.29 is 38.1 Å². The summed E-state index contributed by atoms with van der Waals surface area (Å²) in [5.41, 5.74) is 4.29. The van der Waals surface area contributed by atoms with Crippen LogP contribution >= 0.6 is 23.5 Å². The number of ether oxygens (including phenoxy) is 4. The number of allylic oxidation sites excluding steroid dienone is 1. The topological polar surface area (TPSA) is 137 Å². The van der Waals surface area contributed by atoms with Crippen molar-refractivity contribution in [3.05, 3.63) is 71.9 Å². The van der Waals surface area contributed by atoms with Crippen molar-refractivity contribution in [2.75, 3.05) is 33.5 Å². The van der Waals surface area contributed by atoms with Crippen molar-refractivity contribution in [3.8, 4) is 0 Å². The Morgan fingerprint density at radius 1 is 0.977 bits per heavy atom. The third-order valence-electron chi connectivity index (χ3n) is 8.80. The Kier molecular flexibility index (Phi) is 6.67. The fourth-order valence-electron chi connectivity index (χ4n) is 7.21. The number of amides is 2. The van der Waals surface area contributed by atoms with E-state index in [1.54, 1.807) is 9.80 Å². The van der Waals surface area contributed by atoms with Crippen LogP contribution in [0.15, 0.2) is 81.7 Å². The summed E-state index contributed by atoms with van der Waals surface area (Å²) in [5.74, 6) is -4.03. The monoisotopic (exact) mass is 623 g/mol. The van der Waals surface area contributed by atoms with Crippen LogP contribution in [0.4, 0.5) is 4.79 Å². The van der Waals surface area contributed by atoms with Crippen molar-refractivity contribution in [3.63, 3.8) is 0 Å². The van der Waals surface area contributed by atoms with Crippen molar-refractivity contribution in [2.24, 2.45) is 11.7 Å². The molecule has 3 saturated heterocycles. The summed E-state index contributed by atoms with van der Waals surface area (Å²) < 4.78 is 22.4. The largest absolute Gasteiger partial charge is 0.449 e. The van der Waals surface area contributed by atoms with Gasteiger partial charge in [-0.1, -0.05) is 59.9 Å². The Morgan fingerprint density at radius 3 is 2.07 bits per heavy atom. The molecule has 4 aliphatic heterocycles. The molecule has 43 heavy (non-hydrogen) atoms. The van der Waals surface area contributed by atoms with E-state index in [1.165, 1.54) is 37.6 Å². The van der Waals surface area contributed by atoms with Gasteiger partial charge in [-0.25, -0.2) is 4.79 Å². The second-order valence-electron chi connectivity index (χ2n) is 10.9. The number of primary amides is 1. The Labute approximate surface area is 256 Å². The van der Waals surface area contributed by atoms with Crippen molar-refractivity contribution >= 4 is 47.1 Å². The lowest BCUT2D eigenvalue weighted by Crippen LogP contribution is -2.65. The van der Waals surface area contributed by atoms with E-state index in [9.17, 15) is 9.59 Å². The SMILES string of the molecule is CO[C@@]12[C@H](COC(N)=O)C3=C(C(=O)C(Sc4ccccc4)(Sc4ccccc4)C4(OCCO4)C3=O)N1C[C@H]1[C@@H]2N1C(C)=O. The number of nitrogens with two attached hydrogens (primary N) is 1. The lowest BCUT2D eigenvalue weighted by molar-refractivity contribution is -0.184. The maximum absolute atomic E-state index is 15.3. The number of carbonyl (C=O) groups is 4. The number of methoxy groups -OCH3 is 1. The normalized spacial score (nSPS) is 29.5. The molecule has 5 aliphatic rings. The molecule has 0 unspecified atom stereocenters. The maximum atomic E-state index is 15.3. The zero-order chi connectivity index (χ0) is 30.1. The van der Waals surface area contributed by atoms with Gasteiger partial charge < -0.3 is 34.5 Å². The number of ketones is 2. The average Bonchev–Trinajstić information content (AvgIpc) is 3.28. The summed E-state index contributed by atoms with van der Waals surface area (Å²) in [6, 6.07) is 18.0. The first-order valence-corrected chi connectivity index (χ1v) is 15.5. The zero-order valence-corrected chi connectivity index (χ0v) is 25.0. The molecule has 1 spiro atoms. The summed E-state index contributed by atoms with van der Waals surface area (Å²) in [6.45, 7) is 1.58. The van der Waals surface area contributed by atoms with Crippen molar-refractivity contribution in [1.82, 2.24) is 9.80 Å². The van der Waals surface area contributed by atoms with E-state index in [2.05, 4.69) is 0 Å². The first-order chi connectivity index (χ1) is 20.7. The molecule has 2 aromatic carbocycles. The van der Waals surface area contributed by atoms with E-state index in [0.717, 1.165) is 9.79 Å². The van der Waals surface area contributed by atoms with Gasteiger partial charge in [-0.15, -0.1) is 0 Å². The lowest BCUT2D eigenvalue weighted by Gasteiger charge is -2.46. The average molecular weight is 624 g/mol. The number of Topliss-reactive ketones (excluding diaryl/α,β-unsaturated/α-hetero) is 2. The molecule has 11 nitrogen and oxygen atoms in total. The minimum atomic E-state index is -2.01. The predicted molar refractivity (Wildman–Crippen MR) is 155 cm³/mol. The van der Waals surface area contributed by atoms with Crippen LogP contribution in [0.25, 0.3) is 0 Å². The molecule has 0 radical (unpaired) electrons. The third-order valence-corrected chi connectivity index (χ3v) is 11.8. The third kappa shape index (κ3) is 3.81. The summed E-state index contributed by atoms with van der Waals surface area (Å²) in [5, 5.41) is 0. The molecule has 7 rings (SSSR count). The number of carbonyl (C=O) groups excluding carboxylic acids is 4. The van der Waals surface area contributed by atoms with Crippen LogP contribution in [0.2, 0.25) is 0 Å². The molecule has 0 saturated carbocycles. The van der Waals surface area contributed by atoms with Crippen LogP contribution in [0.3, 0.4) is 0 Å². The van der Waals surface area contributed by atoms with Gasteiger partial charge in [0.15, 0.2) is 9.80 Å². The number of hydrogen-bond acceptors (Lipinski definition) is 11. The highest BCUT2D eigenvalue weighted by Gasteiger charge is 2.81. The highest BCUT2D eigenvalue weighted by Crippen LogP contribution is 2.66. The van der Waals surface area contributed by atoms with Crippen LogP contribution in [0, 0.1) is 5.92 Å². The number of thioether (sulfide) groups is 2. The lowest BCUT2D eigenvalue weighted by atomic mass is 9.79. The maximum Gasteiger partial charge on any atom is 0.404 e. The van der Waals surface area contributed by atoms with E-state index in [-0.39, 0.29) is 55.4 Å². The van der Waals surface area contributed by atoms with Crippen LogP contribution in [0.5, 0.6) is 0 Å². The van der Waals surface area contributed by atoms with Gasteiger partial charge in [0, 0.05) is 35.9 Å². The first-order valence-electron chi connectivity index (χ1n) is 13.9. The fraction of sp³-hybridized carbons (Fsp3) is 0.400. The highest BCUT2D eigenvalue weighted by atomic mass is 32.2. The van der Waals surface area contributed by atoms with E-state index < -0.39 is 39.4 Å². The highest BCUT2D eigenvalue weighted by molar-refractivity contribution is 8.19. The number of fused-ring (bicyclic) bond motifs is 4. The number of rotatable bonds is 7. The van der Waals surface area contributed by atoms with Gasteiger partial charge in [-0.2, -0.15) is 0 Å². The second kappa shape index (κ2) is 10.1. The van der Waals surface area contributed by atoms with Gasteiger partial charge in [0.2, 0.25) is 17.5 Å². The van der Waals surface area contributed by atoms with Gasteiger partial charge in [0.05, 0.1) is 30.9 Å². The fourth-order valence-corrected chi connectivity index (χ4v) is 10.3. The molecule has 4 atom stereocenters. The van der Waals surface area contributed by atoms with E-state index in [4.69, 9.17) is 24.7 Å². The standard InChI is InChI=1S/C30H29N3O8S2/c1-17(34)33-21-15-32-23-22(20(16-39-27(31)37)28(32,38-2)24(21)33)25(35)29(40-13-14-41-29)30(26(23)36,42-18-9-5-3-6-10-18)43-19-11-7-4-8-12-19/h3-12,20-21,24H,13-16H2,1-2H3,(H2,31,37)/t20-,21+,24+,28-,33?/m1/s1. The summed E-state index contributed by atoms with van der Waals surface area (Å²) in [7, 11) is 1.47. The molecule has 0 aromatic heterocycles. The molecular formula is C30H29N3O8S2.